The Morgan fingerprint density at radius 1 is 1.45 bits per heavy atom. The van der Waals surface area contributed by atoms with Crippen LogP contribution in [0.5, 0.6) is 11.5 Å². The van der Waals surface area contributed by atoms with E-state index in [9.17, 15) is 9.90 Å². The predicted octanol–water partition coefficient (Wildman–Crippen LogP) is 1.95. The molecule has 0 unspecified atom stereocenters. The van der Waals surface area contributed by atoms with E-state index in [-0.39, 0.29) is 22.6 Å². The van der Waals surface area contributed by atoms with E-state index >= 15 is 0 Å². The normalized spacial score (nSPS) is 17.5. The minimum absolute atomic E-state index is 0.0655. The third kappa shape index (κ3) is 3.42. The first-order valence-corrected chi connectivity index (χ1v) is 6.77. The Morgan fingerprint density at radius 3 is 2.75 bits per heavy atom. The van der Waals surface area contributed by atoms with Gasteiger partial charge in [0.15, 0.2) is 0 Å². The average Bonchev–Trinajstić information content (AvgIpc) is 2.45. The molecule has 0 aliphatic carbocycles. The van der Waals surface area contributed by atoms with Gasteiger partial charge in [0.05, 0.1) is 12.7 Å². The van der Waals surface area contributed by atoms with E-state index in [4.69, 9.17) is 9.47 Å². The smallest absolute Gasteiger partial charge is 0.255 e. The lowest BCUT2D eigenvalue weighted by Crippen LogP contribution is -2.39. The third-order valence-electron chi connectivity index (χ3n) is 3.83. The molecular weight excluding hydrogens is 258 g/mol. The molecule has 2 rings (SSSR count). The van der Waals surface area contributed by atoms with Crippen LogP contribution in [0.2, 0.25) is 0 Å². The molecule has 0 bridgehead atoms. The molecule has 1 fully saturated rings. The largest absolute Gasteiger partial charge is 0.507 e. The highest BCUT2D eigenvalue weighted by Crippen LogP contribution is 2.29. The van der Waals surface area contributed by atoms with Gasteiger partial charge in [0.2, 0.25) is 0 Å². The fourth-order valence-electron chi connectivity index (χ4n) is 2.26. The molecule has 0 saturated carbocycles. The molecule has 1 saturated heterocycles. The summed E-state index contributed by atoms with van der Waals surface area (Å²) in [6.45, 7) is 4.20. The van der Waals surface area contributed by atoms with Gasteiger partial charge in [0, 0.05) is 25.8 Å². The second-order valence-electron chi connectivity index (χ2n) is 5.49. The second-order valence-corrected chi connectivity index (χ2v) is 5.49. The molecule has 1 aromatic carbocycles. The zero-order chi connectivity index (χ0) is 14.6. The van der Waals surface area contributed by atoms with Crippen molar-refractivity contribution in [3.63, 3.8) is 0 Å². The van der Waals surface area contributed by atoms with E-state index in [2.05, 4.69) is 12.2 Å². The zero-order valence-electron chi connectivity index (χ0n) is 11.9. The Morgan fingerprint density at radius 2 is 2.15 bits per heavy atom. The molecule has 1 amide bonds. The Kier molecular flexibility index (Phi) is 4.49. The fourth-order valence-corrected chi connectivity index (χ4v) is 2.26. The maximum absolute atomic E-state index is 12.1. The summed E-state index contributed by atoms with van der Waals surface area (Å²) in [5, 5.41) is 12.7. The monoisotopic (exact) mass is 279 g/mol. The van der Waals surface area contributed by atoms with Crippen LogP contribution in [-0.4, -0.2) is 37.9 Å². The van der Waals surface area contributed by atoms with Crippen molar-refractivity contribution in [2.24, 2.45) is 5.41 Å². The number of benzene rings is 1. The van der Waals surface area contributed by atoms with Crippen molar-refractivity contribution in [3.8, 4) is 11.5 Å². The number of carbonyl (C=O) groups excluding carboxylic acids is 1. The van der Waals surface area contributed by atoms with E-state index < -0.39 is 0 Å². The van der Waals surface area contributed by atoms with E-state index in [1.165, 1.54) is 13.2 Å². The zero-order valence-corrected chi connectivity index (χ0v) is 11.9. The quantitative estimate of drug-likeness (QED) is 0.884. The van der Waals surface area contributed by atoms with Crippen LogP contribution in [0.25, 0.3) is 0 Å². The Bertz CT molecular complexity index is 481. The summed E-state index contributed by atoms with van der Waals surface area (Å²) < 4.78 is 10.3. The van der Waals surface area contributed by atoms with Crippen molar-refractivity contribution in [1.29, 1.82) is 0 Å². The Labute approximate surface area is 118 Å². The number of carbonyl (C=O) groups is 1. The van der Waals surface area contributed by atoms with Gasteiger partial charge in [-0.05, 0) is 30.4 Å². The SMILES string of the molecule is COc1ccc(C(=O)NCC2(C)CCOCC2)c(O)c1. The summed E-state index contributed by atoms with van der Waals surface area (Å²) in [6.07, 6.45) is 1.86. The Hall–Kier alpha value is -1.75. The topological polar surface area (TPSA) is 67.8 Å². The standard InChI is InChI=1S/C15H21NO4/c1-15(5-7-20-8-6-15)10-16-14(18)12-4-3-11(19-2)9-13(12)17/h3-4,9,17H,5-8,10H2,1-2H3,(H,16,18). The first-order chi connectivity index (χ1) is 9.54. The number of methoxy groups -OCH3 is 1. The van der Waals surface area contributed by atoms with Crippen molar-refractivity contribution < 1.29 is 19.4 Å². The third-order valence-corrected chi connectivity index (χ3v) is 3.83. The summed E-state index contributed by atoms with van der Waals surface area (Å²) in [4.78, 5) is 12.1. The van der Waals surface area contributed by atoms with Gasteiger partial charge in [0.1, 0.15) is 11.5 Å². The lowest BCUT2D eigenvalue weighted by molar-refractivity contribution is 0.0238. The van der Waals surface area contributed by atoms with Crippen LogP contribution in [-0.2, 0) is 4.74 Å². The van der Waals surface area contributed by atoms with Crippen LogP contribution in [0.4, 0.5) is 0 Å². The van der Waals surface area contributed by atoms with Crippen LogP contribution in [0.1, 0.15) is 30.1 Å². The maximum Gasteiger partial charge on any atom is 0.255 e. The number of hydrogen-bond donors (Lipinski definition) is 2. The summed E-state index contributed by atoms with van der Waals surface area (Å²) in [5.74, 6) is 0.187. The van der Waals surface area contributed by atoms with E-state index in [1.807, 2.05) is 0 Å². The number of nitrogens with one attached hydrogen (secondary N) is 1. The molecule has 1 aliphatic rings. The average molecular weight is 279 g/mol. The summed E-state index contributed by atoms with van der Waals surface area (Å²) in [5.41, 5.74) is 0.331. The van der Waals surface area contributed by atoms with Gasteiger partial charge in [-0.3, -0.25) is 4.79 Å². The van der Waals surface area contributed by atoms with Gasteiger partial charge in [-0.1, -0.05) is 6.92 Å². The summed E-state index contributed by atoms with van der Waals surface area (Å²) in [7, 11) is 1.51. The van der Waals surface area contributed by atoms with Crippen LogP contribution < -0.4 is 10.1 Å². The van der Waals surface area contributed by atoms with Crippen molar-refractivity contribution in [3.05, 3.63) is 23.8 Å². The molecule has 2 N–H and O–H groups in total. The van der Waals surface area contributed by atoms with Gasteiger partial charge in [-0.25, -0.2) is 0 Å². The van der Waals surface area contributed by atoms with E-state index in [1.54, 1.807) is 12.1 Å². The molecule has 110 valence electrons. The molecule has 1 aromatic rings. The highest BCUT2D eigenvalue weighted by atomic mass is 16.5. The number of phenolic OH excluding ortho intramolecular Hbond substituents is 1. The minimum atomic E-state index is -0.266. The molecule has 0 radical (unpaired) electrons. The van der Waals surface area contributed by atoms with Crippen LogP contribution in [0.3, 0.4) is 0 Å². The number of ether oxygens (including phenoxy) is 2. The highest BCUT2D eigenvalue weighted by molar-refractivity contribution is 5.97. The van der Waals surface area contributed by atoms with Gasteiger partial charge in [-0.2, -0.15) is 0 Å². The Balaban J connectivity index is 1.98. The number of amides is 1. The molecule has 0 spiro atoms. The predicted molar refractivity (Wildman–Crippen MR) is 75.2 cm³/mol. The van der Waals surface area contributed by atoms with Gasteiger partial charge in [-0.15, -0.1) is 0 Å². The van der Waals surface area contributed by atoms with Crippen molar-refractivity contribution in [1.82, 2.24) is 5.32 Å². The fraction of sp³-hybridized carbons (Fsp3) is 0.533. The maximum atomic E-state index is 12.1. The van der Waals surface area contributed by atoms with Crippen LogP contribution >= 0.6 is 0 Å². The first kappa shape index (κ1) is 14.7. The number of aromatic hydroxyl groups is 1. The molecule has 5 nitrogen and oxygen atoms in total. The van der Waals surface area contributed by atoms with Gasteiger partial charge in [0.25, 0.3) is 5.91 Å². The van der Waals surface area contributed by atoms with Crippen LogP contribution in [0.15, 0.2) is 18.2 Å². The van der Waals surface area contributed by atoms with Crippen molar-refractivity contribution in [2.45, 2.75) is 19.8 Å². The van der Waals surface area contributed by atoms with Crippen LogP contribution in [0, 0.1) is 5.41 Å². The van der Waals surface area contributed by atoms with Gasteiger partial charge >= 0.3 is 0 Å². The first-order valence-electron chi connectivity index (χ1n) is 6.77. The molecule has 0 atom stereocenters. The molecule has 5 heteroatoms. The summed E-state index contributed by atoms with van der Waals surface area (Å²) >= 11 is 0. The number of rotatable bonds is 4. The van der Waals surface area contributed by atoms with Crippen molar-refractivity contribution >= 4 is 5.91 Å². The number of phenols is 1. The van der Waals surface area contributed by atoms with E-state index in [0.717, 1.165) is 26.1 Å². The lowest BCUT2D eigenvalue weighted by Gasteiger charge is -2.33. The molecule has 20 heavy (non-hydrogen) atoms. The summed E-state index contributed by atoms with van der Waals surface area (Å²) in [6, 6.07) is 4.66. The number of hydrogen-bond acceptors (Lipinski definition) is 4. The molecular formula is C15H21NO4. The highest BCUT2D eigenvalue weighted by Gasteiger charge is 2.28. The van der Waals surface area contributed by atoms with Crippen molar-refractivity contribution in [2.75, 3.05) is 26.9 Å². The molecule has 1 heterocycles. The van der Waals surface area contributed by atoms with Gasteiger partial charge < -0.3 is 19.9 Å². The van der Waals surface area contributed by atoms with E-state index in [0.29, 0.717) is 12.3 Å². The molecule has 0 aromatic heterocycles. The minimum Gasteiger partial charge on any atom is -0.507 e. The lowest BCUT2D eigenvalue weighted by atomic mass is 9.82. The molecule has 1 aliphatic heterocycles. The second kappa shape index (κ2) is 6.13.